The van der Waals surface area contributed by atoms with Crippen molar-refractivity contribution in [2.75, 3.05) is 13.2 Å². The first-order valence-electron chi connectivity index (χ1n) is 28.2. The molecule has 0 spiro atoms. The van der Waals surface area contributed by atoms with Crippen LogP contribution in [-0.4, -0.2) is 36.3 Å². The molecule has 0 unspecified atom stereocenters. The molecule has 0 fully saturated rings. The lowest BCUT2D eigenvalue weighted by Gasteiger charge is -2.28. The predicted molar refractivity (Wildman–Crippen MR) is 302 cm³/mol. The topological polar surface area (TPSA) is 105 Å². The number of benzene rings is 7. The maximum atomic E-state index is 14.6. The van der Waals surface area contributed by atoms with E-state index in [1.807, 2.05) is 84.9 Å². The van der Waals surface area contributed by atoms with Gasteiger partial charge in [-0.25, -0.2) is 0 Å². The second-order valence-electron chi connectivity index (χ2n) is 20.8. The molecule has 0 radical (unpaired) electrons. The highest BCUT2D eigenvalue weighted by molar-refractivity contribution is 6.40. The first kappa shape index (κ1) is 51.4. The standard InChI is InChI=1S/C67H70O8/c1-3-5-7-9-11-13-15-17-19-27-41-72-57-43-51-53(68)37-39-55(70)59(51)61-47(57)33-35-49-63(61)64-50(66-65(49)74-67(75-66,45-29-23-21-24-30-45)46-31-25-22-26-32-46)36-34-48-58(44-52-54(69)38-40-56(71)60(52)62(48)64)73-42-28-20-18-16-14-12-10-8-6-4-2/h21-26,29-40,43-44H,3-20,27-28,41-42H2,1-2H3. The third-order valence-electron chi connectivity index (χ3n) is 15.6. The number of carbonyl (C=O) groups is 4. The Kier molecular flexibility index (Phi) is 16.2. The van der Waals surface area contributed by atoms with Crippen LogP contribution in [-0.2, 0) is 5.79 Å². The molecule has 386 valence electrons. The lowest BCUT2D eigenvalue weighted by molar-refractivity contribution is -0.0447. The van der Waals surface area contributed by atoms with Crippen molar-refractivity contribution in [1.29, 1.82) is 0 Å². The molecule has 75 heavy (non-hydrogen) atoms. The van der Waals surface area contributed by atoms with Gasteiger partial charge < -0.3 is 18.9 Å². The van der Waals surface area contributed by atoms with Gasteiger partial charge in [-0.05, 0) is 73.5 Å². The minimum Gasteiger partial charge on any atom is -0.493 e. The highest BCUT2D eigenvalue weighted by Crippen LogP contribution is 2.58. The summed E-state index contributed by atoms with van der Waals surface area (Å²) >= 11 is 0. The van der Waals surface area contributed by atoms with Crippen molar-refractivity contribution < 1.29 is 38.1 Å². The molecule has 8 nitrogen and oxygen atoms in total. The van der Waals surface area contributed by atoms with Crippen LogP contribution in [0.4, 0.5) is 0 Å². The quantitative estimate of drug-likeness (QED) is 0.0390. The summed E-state index contributed by atoms with van der Waals surface area (Å²) in [5, 5.41) is 4.65. The van der Waals surface area contributed by atoms with E-state index in [2.05, 4.69) is 13.8 Å². The number of hydrogen-bond acceptors (Lipinski definition) is 8. The molecule has 0 saturated heterocycles. The molecule has 0 aromatic heterocycles. The number of fused-ring (bicyclic) bond motifs is 14. The van der Waals surface area contributed by atoms with Crippen LogP contribution < -0.4 is 18.9 Å². The molecule has 8 heteroatoms. The molecule has 0 bridgehead atoms. The number of rotatable bonds is 26. The molecule has 7 aromatic carbocycles. The van der Waals surface area contributed by atoms with Crippen molar-refractivity contribution in [1.82, 2.24) is 0 Å². The van der Waals surface area contributed by atoms with E-state index in [9.17, 15) is 19.2 Å². The van der Waals surface area contributed by atoms with E-state index in [0.717, 1.165) is 49.7 Å². The Morgan fingerprint density at radius 3 is 1.08 bits per heavy atom. The summed E-state index contributed by atoms with van der Waals surface area (Å²) in [7, 11) is 0. The number of unbranched alkanes of at least 4 members (excludes halogenated alkanes) is 18. The molecule has 1 heterocycles. The molecular weight excluding hydrogens is 933 g/mol. The average Bonchev–Trinajstić information content (AvgIpc) is 3.86. The van der Waals surface area contributed by atoms with Crippen molar-refractivity contribution in [3.63, 3.8) is 0 Å². The highest BCUT2D eigenvalue weighted by Gasteiger charge is 2.48. The molecule has 2 aliphatic carbocycles. The molecule has 0 saturated carbocycles. The van der Waals surface area contributed by atoms with Crippen LogP contribution in [0.5, 0.6) is 23.0 Å². The average molecular weight is 1000 g/mol. The number of hydrogen-bond donors (Lipinski definition) is 0. The van der Waals surface area contributed by atoms with Crippen LogP contribution in [0, 0.1) is 0 Å². The van der Waals surface area contributed by atoms with Crippen molar-refractivity contribution in [2.45, 2.75) is 148 Å². The normalized spacial score (nSPS) is 14.4. The molecule has 0 N–H and O–H groups in total. The van der Waals surface area contributed by atoms with Crippen molar-refractivity contribution >= 4 is 66.2 Å². The van der Waals surface area contributed by atoms with E-state index >= 15 is 0 Å². The zero-order valence-corrected chi connectivity index (χ0v) is 43.9. The van der Waals surface area contributed by atoms with Gasteiger partial charge in [-0.2, -0.15) is 0 Å². The summed E-state index contributed by atoms with van der Waals surface area (Å²) in [5.74, 6) is -0.855. The Hall–Kier alpha value is -7.06. The maximum absolute atomic E-state index is 14.6. The van der Waals surface area contributed by atoms with E-state index < -0.39 is 5.79 Å². The molecule has 10 rings (SSSR count). The fraction of sp³-hybridized carbons (Fsp3) is 0.373. The lowest BCUT2D eigenvalue weighted by Crippen LogP contribution is -2.36. The minimum absolute atomic E-state index is 0.242. The van der Waals surface area contributed by atoms with Crippen molar-refractivity contribution in [3.05, 3.63) is 155 Å². The summed E-state index contributed by atoms with van der Waals surface area (Å²) in [4.78, 5) is 57.3. The second-order valence-corrected chi connectivity index (χ2v) is 20.8. The largest absolute Gasteiger partial charge is 0.493 e. The molecule has 0 atom stereocenters. The number of ether oxygens (including phenoxy) is 4. The van der Waals surface area contributed by atoms with Crippen LogP contribution in [0.15, 0.2) is 121 Å². The number of ketones is 4. The Balaban J connectivity index is 1.15. The Bertz CT molecular complexity index is 3110. The van der Waals surface area contributed by atoms with Gasteiger partial charge in [0.25, 0.3) is 0 Å². The summed E-state index contributed by atoms with van der Waals surface area (Å²) in [5.41, 5.74) is 2.49. The summed E-state index contributed by atoms with van der Waals surface area (Å²) < 4.78 is 28.1. The van der Waals surface area contributed by atoms with Gasteiger partial charge in [-0.3, -0.25) is 19.2 Å². The fourth-order valence-electron chi connectivity index (χ4n) is 11.7. The van der Waals surface area contributed by atoms with Crippen LogP contribution in [0.25, 0.3) is 43.1 Å². The van der Waals surface area contributed by atoms with E-state index in [1.165, 1.54) is 114 Å². The smallest absolute Gasteiger partial charge is 0.305 e. The second kappa shape index (κ2) is 23.6. The van der Waals surface area contributed by atoms with Gasteiger partial charge in [0.1, 0.15) is 11.5 Å². The third-order valence-corrected chi connectivity index (χ3v) is 15.6. The predicted octanol–water partition coefficient (Wildman–Crippen LogP) is 17.4. The first-order chi connectivity index (χ1) is 36.8. The number of allylic oxidation sites excluding steroid dienone is 4. The van der Waals surface area contributed by atoms with E-state index in [-0.39, 0.29) is 45.4 Å². The zero-order valence-electron chi connectivity index (χ0n) is 43.9. The van der Waals surface area contributed by atoms with Gasteiger partial charge in [-0.1, -0.05) is 190 Å². The maximum Gasteiger partial charge on any atom is 0.305 e. The van der Waals surface area contributed by atoms with Gasteiger partial charge in [0.15, 0.2) is 34.6 Å². The molecular formula is C67H70O8. The first-order valence-corrected chi connectivity index (χ1v) is 28.2. The van der Waals surface area contributed by atoms with Crippen LogP contribution in [0.1, 0.15) is 195 Å². The van der Waals surface area contributed by atoms with Gasteiger partial charge >= 0.3 is 5.79 Å². The number of carbonyl (C=O) groups excluding carboxylic acids is 4. The Labute approximate surface area is 441 Å². The Morgan fingerprint density at radius 2 is 0.707 bits per heavy atom. The summed E-state index contributed by atoms with van der Waals surface area (Å²) in [6.45, 7) is 5.35. The molecule has 3 aliphatic rings. The lowest BCUT2D eigenvalue weighted by atomic mass is 9.82. The molecule has 7 aromatic rings. The zero-order chi connectivity index (χ0) is 51.7. The molecule has 1 aliphatic heterocycles. The van der Waals surface area contributed by atoms with Gasteiger partial charge in [0.2, 0.25) is 0 Å². The van der Waals surface area contributed by atoms with Crippen molar-refractivity contribution in [3.8, 4) is 23.0 Å². The SMILES string of the molecule is CCCCCCCCCCCCOc1cc2c(c3c1ccc1c4c(c5ccc6c(OCCCCCCCCCCCC)cc7c(c6c5c13)C(=O)C=CC7=O)OC(c1ccccc1)(c1ccccc1)O4)C(=O)C=CC2=O. The van der Waals surface area contributed by atoms with E-state index in [1.54, 1.807) is 12.1 Å². The summed E-state index contributed by atoms with van der Waals surface area (Å²) in [6.07, 6.45) is 29.0. The van der Waals surface area contributed by atoms with Crippen LogP contribution >= 0.6 is 0 Å². The highest BCUT2D eigenvalue weighted by atomic mass is 16.7. The van der Waals surface area contributed by atoms with Gasteiger partial charge in [-0.15, -0.1) is 0 Å². The van der Waals surface area contributed by atoms with E-state index in [4.69, 9.17) is 18.9 Å². The minimum atomic E-state index is -1.45. The van der Waals surface area contributed by atoms with E-state index in [0.29, 0.717) is 79.3 Å². The van der Waals surface area contributed by atoms with Gasteiger partial charge in [0, 0.05) is 76.5 Å². The Morgan fingerprint density at radius 1 is 0.373 bits per heavy atom. The molecule has 0 amide bonds. The summed E-state index contributed by atoms with van der Waals surface area (Å²) in [6, 6.07) is 30.9. The van der Waals surface area contributed by atoms with Crippen LogP contribution in [0.3, 0.4) is 0 Å². The van der Waals surface area contributed by atoms with Crippen molar-refractivity contribution in [2.24, 2.45) is 0 Å². The third kappa shape index (κ3) is 10.4. The van der Waals surface area contributed by atoms with Crippen LogP contribution in [0.2, 0.25) is 0 Å². The monoisotopic (exact) mass is 1000 g/mol. The fourth-order valence-corrected chi connectivity index (χ4v) is 11.7. The van der Waals surface area contributed by atoms with Gasteiger partial charge in [0.05, 0.1) is 13.2 Å².